The molecule has 0 radical (unpaired) electrons. The van der Waals surface area contributed by atoms with Gasteiger partial charge < -0.3 is 20.1 Å². The highest BCUT2D eigenvalue weighted by atomic mass is 16.5. The fourth-order valence-electron chi connectivity index (χ4n) is 3.22. The lowest BCUT2D eigenvalue weighted by atomic mass is 10.0. The average molecular weight is 421 g/mol. The van der Waals surface area contributed by atoms with Crippen LogP contribution in [0.15, 0.2) is 60.8 Å². The molecule has 2 aromatic rings. The molecule has 2 N–H and O–H groups in total. The van der Waals surface area contributed by atoms with Crippen molar-refractivity contribution in [2.75, 3.05) is 31.4 Å². The van der Waals surface area contributed by atoms with Gasteiger partial charge in [0.15, 0.2) is 0 Å². The molecule has 160 valence electrons. The summed E-state index contributed by atoms with van der Waals surface area (Å²) in [5.74, 6) is -0.0816. The van der Waals surface area contributed by atoms with Gasteiger partial charge in [-0.25, -0.2) is 0 Å². The predicted molar refractivity (Wildman–Crippen MR) is 118 cm³/mol. The molecular formula is C23H23N3O5. The number of rotatable bonds is 8. The zero-order valence-electron chi connectivity index (χ0n) is 17.5. The fraction of sp³-hybridized carbons (Fsp3) is 0.174. The first-order valence-electron chi connectivity index (χ1n) is 9.48. The molecule has 0 aliphatic carbocycles. The van der Waals surface area contributed by atoms with Crippen molar-refractivity contribution in [1.82, 2.24) is 4.90 Å². The number of nitrogens with one attached hydrogen (secondary N) is 2. The highest BCUT2D eigenvalue weighted by Crippen LogP contribution is 2.35. The minimum atomic E-state index is -0.476. The first-order valence-corrected chi connectivity index (χ1v) is 9.48. The summed E-state index contributed by atoms with van der Waals surface area (Å²) in [7, 11) is 3.04. The van der Waals surface area contributed by atoms with Crippen LogP contribution in [0.4, 0.5) is 11.4 Å². The smallest absolute Gasteiger partial charge is 0.278 e. The van der Waals surface area contributed by atoms with Crippen molar-refractivity contribution in [2.45, 2.75) is 6.92 Å². The summed E-state index contributed by atoms with van der Waals surface area (Å²) < 4.78 is 10.6. The van der Waals surface area contributed by atoms with E-state index in [1.807, 2.05) is 0 Å². The van der Waals surface area contributed by atoms with Crippen LogP contribution in [0.3, 0.4) is 0 Å². The second kappa shape index (κ2) is 9.17. The van der Waals surface area contributed by atoms with E-state index in [9.17, 15) is 14.4 Å². The summed E-state index contributed by atoms with van der Waals surface area (Å²) in [6.45, 7) is 5.11. The molecule has 0 saturated carbocycles. The van der Waals surface area contributed by atoms with Gasteiger partial charge in [-0.2, -0.15) is 0 Å². The lowest BCUT2D eigenvalue weighted by Gasteiger charge is -2.14. The monoisotopic (exact) mass is 421 g/mol. The lowest BCUT2D eigenvalue weighted by molar-refractivity contribution is -0.136. The maximum absolute atomic E-state index is 13.1. The van der Waals surface area contributed by atoms with Crippen LogP contribution in [-0.4, -0.2) is 43.4 Å². The zero-order chi connectivity index (χ0) is 22.5. The highest BCUT2D eigenvalue weighted by molar-refractivity contribution is 6.36. The summed E-state index contributed by atoms with van der Waals surface area (Å²) in [6, 6.07) is 11.8. The van der Waals surface area contributed by atoms with Gasteiger partial charge in [0.05, 0.1) is 25.5 Å². The van der Waals surface area contributed by atoms with Gasteiger partial charge >= 0.3 is 0 Å². The summed E-state index contributed by atoms with van der Waals surface area (Å²) in [5.41, 5.74) is 1.92. The van der Waals surface area contributed by atoms with Crippen LogP contribution >= 0.6 is 0 Å². The predicted octanol–water partition coefficient (Wildman–Crippen LogP) is 3.04. The Bertz CT molecular complexity index is 1070. The summed E-state index contributed by atoms with van der Waals surface area (Å²) in [6.07, 6.45) is 1.49. The van der Waals surface area contributed by atoms with Gasteiger partial charge in [-0.05, 0) is 29.8 Å². The molecule has 0 spiro atoms. The number of imide groups is 1. The summed E-state index contributed by atoms with van der Waals surface area (Å²) in [4.78, 5) is 38.5. The third kappa shape index (κ3) is 4.42. The minimum Gasteiger partial charge on any atom is -0.497 e. The van der Waals surface area contributed by atoms with Crippen LogP contribution < -0.4 is 20.1 Å². The van der Waals surface area contributed by atoms with E-state index >= 15 is 0 Å². The summed E-state index contributed by atoms with van der Waals surface area (Å²) >= 11 is 0. The third-order valence-corrected chi connectivity index (χ3v) is 4.64. The molecule has 2 aromatic carbocycles. The van der Waals surface area contributed by atoms with Crippen LogP contribution in [0.2, 0.25) is 0 Å². The number of carbonyl (C=O) groups is 3. The number of hydrogen-bond acceptors (Lipinski definition) is 6. The van der Waals surface area contributed by atoms with Crippen LogP contribution in [0, 0.1) is 0 Å². The van der Waals surface area contributed by atoms with Gasteiger partial charge in [-0.15, -0.1) is 6.58 Å². The van der Waals surface area contributed by atoms with Crippen molar-refractivity contribution in [1.29, 1.82) is 0 Å². The summed E-state index contributed by atoms with van der Waals surface area (Å²) in [5, 5.41) is 5.73. The Morgan fingerprint density at radius 1 is 1.06 bits per heavy atom. The van der Waals surface area contributed by atoms with Gasteiger partial charge in [0.1, 0.15) is 17.2 Å². The number of ether oxygens (including phenoxy) is 2. The molecule has 0 aromatic heterocycles. The molecule has 31 heavy (non-hydrogen) atoms. The van der Waals surface area contributed by atoms with Crippen molar-refractivity contribution in [3.05, 3.63) is 66.4 Å². The van der Waals surface area contributed by atoms with Crippen molar-refractivity contribution in [3.8, 4) is 11.5 Å². The van der Waals surface area contributed by atoms with E-state index in [0.29, 0.717) is 28.4 Å². The Hall–Kier alpha value is -4.07. The minimum absolute atomic E-state index is 0.0750. The first kappa shape index (κ1) is 21.6. The molecule has 3 rings (SSSR count). The Balaban J connectivity index is 2.08. The second-order valence-electron chi connectivity index (χ2n) is 6.71. The van der Waals surface area contributed by atoms with Gasteiger partial charge in [0, 0.05) is 25.2 Å². The van der Waals surface area contributed by atoms with Crippen molar-refractivity contribution < 1.29 is 23.9 Å². The SMILES string of the molecule is C=CCN1C(=O)C(Nc2cc(OC)ccc2OC)=C(c2ccc(NC(C)=O)cc2)C1=O. The van der Waals surface area contributed by atoms with Crippen LogP contribution in [0.25, 0.3) is 5.57 Å². The van der Waals surface area contributed by atoms with Crippen LogP contribution in [-0.2, 0) is 14.4 Å². The normalized spacial score (nSPS) is 13.3. The van der Waals surface area contributed by atoms with Gasteiger partial charge in [0.25, 0.3) is 11.8 Å². The zero-order valence-corrected chi connectivity index (χ0v) is 17.5. The number of methoxy groups -OCH3 is 2. The van der Waals surface area contributed by atoms with E-state index in [-0.39, 0.29) is 23.7 Å². The van der Waals surface area contributed by atoms with Gasteiger partial charge in [-0.1, -0.05) is 18.2 Å². The molecule has 0 unspecified atom stereocenters. The molecule has 0 fully saturated rings. The average Bonchev–Trinajstić information content (AvgIpc) is 2.98. The molecule has 0 saturated heterocycles. The Morgan fingerprint density at radius 2 is 1.77 bits per heavy atom. The van der Waals surface area contributed by atoms with Crippen LogP contribution in [0.5, 0.6) is 11.5 Å². The molecule has 8 heteroatoms. The van der Waals surface area contributed by atoms with E-state index in [0.717, 1.165) is 4.90 Å². The van der Waals surface area contributed by atoms with Gasteiger partial charge in [-0.3, -0.25) is 19.3 Å². The van der Waals surface area contributed by atoms with Crippen molar-refractivity contribution in [3.63, 3.8) is 0 Å². The standard InChI is InChI=1S/C23H23N3O5/c1-5-12-26-22(28)20(15-6-8-16(9-7-15)24-14(2)27)21(23(26)29)25-18-13-17(30-3)10-11-19(18)31-4/h5-11,13,25H,1,12H2,2-4H3,(H,24,27). The number of nitrogens with zero attached hydrogens (tertiary/aromatic N) is 1. The largest absolute Gasteiger partial charge is 0.497 e. The Labute approximate surface area is 180 Å². The van der Waals surface area contributed by atoms with E-state index in [4.69, 9.17) is 9.47 Å². The molecule has 0 atom stereocenters. The quantitative estimate of drug-likeness (QED) is 0.502. The number of carbonyl (C=O) groups excluding carboxylic acids is 3. The third-order valence-electron chi connectivity index (χ3n) is 4.64. The molecule has 1 heterocycles. The fourth-order valence-corrected chi connectivity index (χ4v) is 3.22. The first-order chi connectivity index (χ1) is 14.9. The maximum atomic E-state index is 13.1. The molecule has 3 amide bonds. The second-order valence-corrected chi connectivity index (χ2v) is 6.71. The highest BCUT2D eigenvalue weighted by Gasteiger charge is 2.38. The lowest BCUT2D eigenvalue weighted by Crippen LogP contribution is -2.32. The number of amides is 3. The van der Waals surface area contributed by atoms with Crippen molar-refractivity contribution >= 4 is 34.7 Å². The molecule has 1 aliphatic heterocycles. The van der Waals surface area contributed by atoms with E-state index in [2.05, 4.69) is 17.2 Å². The van der Waals surface area contributed by atoms with Gasteiger partial charge in [0.2, 0.25) is 5.91 Å². The van der Waals surface area contributed by atoms with E-state index in [1.165, 1.54) is 27.2 Å². The molecular weight excluding hydrogens is 398 g/mol. The molecule has 1 aliphatic rings. The maximum Gasteiger partial charge on any atom is 0.278 e. The number of benzene rings is 2. The Morgan fingerprint density at radius 3 is 2.35 bits per heavy atom. The number of hydrogen-bond donors (Lipinski definition) is 2. The topological polar surface area (TPSA) is 97.0 Å². The van der Waals surface area contributed by atoms with E-state index < -0.39 is 11.8 Å². The Kier molecular flexibility index (Phi) is 6.40. The van der Waals surface area contributed by atoms with Crippen molar-refractivity contribution in [2.24, 2.45) is 0 Å². The molecule has 8 nitrogen and oxygen atoms in total. The van der Waals surface area contributed by atoms with Crippen LogP contribution in [0.1, 0.15) is 12.5 Å². The van der Waals surface area contributed by atoms with E-state index in [1.54, 1.807) is 42.5 Å². The number of anilines is 2. The molecule has 0 bridgehead atoms.